The summed E-state index contributed by atoms with van der Waals surface area (Å²) in [5.74, 6) is 2.43. The third-order valence-electron chi connectivity index (χ3n) is 5.56. The molecule has 2 aromatic rings. The van der Waals surface area contributed by atoms with E-state index in [0.29, 0.717) is 11.9 Å². The highest BCUT2D eigenvalue weighted by Gasteiger charge is 2.25. The summed E-state index contributed by atoms with van der Waals surface area (Å²) < 4.78 is 11.4. The number of benzene rings is 1. The van der Waals surface area contributed by atoms with Gasteiger partial charge in [0, 0.05) is 44.4 Å². The van der Waals surface area contributed by atoms with Crippen molar-refractivity contribution in [2.24, 2.45) is 0 Å². The molecule has 1 atom stereocenters. The molecule has 0 saturated carbocycles. The maximum absolute atomic E-state index is 9.29. The molecule has 6 nitrogen and oxygen atoms in total. The first-order chi connectivity index (χ1) is 12.9. The summed E-state index contributed by atoms with van der Waals surface area (Å²) >= 11 is 0. The summed E-state index contributed by atoms with van der Waals surface area (Å²) in [5, 5.41) is 9.29. The Morgan fingerprint density at radius 1 is 1.22 bits per heavy atom. The molecule has 0 unspecified atom stereocenters. The zero-order chi connectivity index (χ0) is 19.6. The van der Waals surface area contributed by atoms with E-state index >= 15 is 0 Å². The Labute approximate surface area is 161 Å². The lowest BCUT2D eigenvalue weighted by Gasteiger charge is -2.39. The molecule has 1 fully saturated rings. The smallest absolute Gasteiger partial charge is 0.226 e. The molecule has 148 valence electrons. The fourth-order valence-corrected chi connectivity index (χ4v) is 3.76. The molecule has 1 saturated heterocycles. The van der Waals surface area contributed by atoms with Crippen molar-refractivity contribution in [1.29, 1.82) is 0 Å². The number of aliphatic hydroxyl groups is 1. The van der Waals surface area contributed by atoms with Crippen molar-refractivity contribution in [2.75, 3.05) is 40.4 Å². The second kappa shape index (κ2) is 8.42. The van der Waals surface area contributed by atoms with Crippen LogP contribution in [-0.4, -0.2) is 66.3 Å². The van der Waals surface area contributed by atoms with E-state index in [2.05, 4.69) is 29.8 Å². The molecule has 0 amide bonds. The number of aryl methyl sites for hydroxylation is 3. The topological polar surface area (TPSA) is 62.0 Å². The van der Waals surface area contributed by atoms with Crippen molar-refractivity contribution >= 4 is 0 Å². The number of hydrogen-bond acceptors (Lipinski definition) is 6. The molecule has 1 aliphatic heterocycles. The van der Waals surface area contributed by atoms with Gasteiger partial charge in [-0.2, -0.15) is 0 Å². The summed E-state index contributed by atoms with van der Waals surface area (Å²) in [6.45, 7) is 10.0. The third-order valence-corrected chi connectivity index (χ3v) is 5.56. The van der Waals surface area contributed by atoms with Gasteiger partial charge in [-0.15, -0.1) is 0 Å². The number of oxazole rings is 1. The number of piperazine rings is 1. The van der Waals surface area contributed by atoms with Gasteiger partial charge in [-0.25, -0.2) is 4.98 Å². The molecule has 2 heterocycles. The number of likely N-dealkylation sites (N-methyl/N-ethyl adjacent to an activating group) is 1. The first kappa shape index (κ1) is 19.9. The predicted octanol–water partition coefficient (Wildman–Crippen LogP) is 2.77. The van der Waals surface area contributed by atoms with Crippen LogP contribution in [0.25, 0.3) is 11.5 Å². The number of nitrogens with zero attached hydrogens (tertiary/aromatic N) is 3. The fraction of sp³-hybridized carbons (Fsp3) is 0.571. The normalized spacial score (nSPS) is 18.8. The Morgan fingerprint density at radius 2 is 2.00 bits per heavy atom. The van der Waals surface area contributed by atoms with E-state index < -0.39 is 0 Å². The highest BCUT2D eigenvalue weighted by Crippen LogP contribution is 2.31. The SMILES string of the molecule is COc1cc(C)c(-c2nc(CN3CCN(C)[C@H](CCO)C3)c(C)o2)cc1C. The summed E-state index contributed by atoms with van der Waals surface area (Å²) in [6, 6.07) is 4.50. The lowest BCUT2D eigenvalue weighted by Crippen LogP contribution is -2.51. The Hall–Kier alpha value is -1.89. The summed E-state index contributed by atoms with van der Waals surface area (Å²) in [5.41, 5.74) is 4.17. The van der Waals surface area contributed by atoms with Gasteiger partial charge in [0.2, 0.25) is 5.89 Å². The minimum atomic E-state index is 0.228. The molecular formula is C21H31N3O3. The van der Waals surface area contributed by atoms with Gasteiger partial charge in [-0.3, -0.25) is 4.90 Å². The molecule has 3 rings (SSSR count). The highest BCUT2D eigenvalue weighted by molar-refractivity contribution is 5.62. The largest absolute Gasteiger partial charge is 0.496 e. The van der Waals surface area contributed by atoms with E-state index in [-0.39, 0.29) is 6.61 Å². The van der Waals surface area contributed by atoms with Crippen molar-refractivity contribution in [3.8, 4) is 17.2 Å². The maximum Gasteiger partial charge on any atom is 0.226 e. The highest BCUT2D eigenvalue weighted by atomic mass is 16.5. The van der Waals surface area contributed by atoms with E-state index in [9.17, 15) is 5.11 Å². The number of aromatic nitrogens is 1. The average Bonchev–Trinajstić information content (AvgIpc) is 3.00. The van der Waals surface area contributed by atoms with Crippen molar-refractivity contribution in [2.45, 2.75) is 39.8 Å². The molecule has 1 aromatic carbocycles. The van der Waals surface area contributed by atoms with Gasteiger partial charge in [-0.05, 0) is 57.5 Å². The quantitative estimate of drug-likeness (QED) is 0.840. The van der Waals surface area contributed by atoms with Crippen molar-refractivity contribution < 1.29 is 14.3 Å². The Kier molecular flexibility index (Phi) is 6.19. The van der Waals surface area contributed by atoms with Crippen LogP contribution in [0, 0.1) is 20.8 Å². The average molecular weight is 373 g/mol. The van der Waals surface area contributed by atoms with Crippen molar-refractivity contribution in [1.82, 2.24) is 14.8 Å². The van der Waals surface area contributed by atoms with Gasteiger partial charge in [-0.1, -0.05) is 0 Å². The first-order valence-corrected chi connectivity index (χ1v) is 9.58. The van der Waals surface area contributed by atoms with Crippen LogP contribution in [0.5, 0.6) is 5.75 Å². The second-order valence-electron chi connectivity index (χ2n) is 7.54. The molecule has 1 N–H and O–H groups in total. The lowest BCUT2D eigenvalue weighted by atomic mass is 10.0. The summed E-state index contributed by atoms with van der Waals surface area (Å²) in [7, 11) is 3.82. The van der Waals surface area contributed by atoms with Crippen LogP contribution < -0.4 is 4.74 Å². The van der Waals surface area contributed by atoms with Crippen LogP contribution in [0.4, 0.5) is 0 Å². The number of aliphatic hydroxyl groups excluding tert-OH is 1. The van der Waals surface area contributed by atoms with Gasteiger partial charge in [0.1, 0.15) is 11.5 Å². The molecule has 0 radical (unpaired) electrons. The molecule has 0 bridgehead atoms. The number of hydrogen-bond donors (Lipinski definition) is 1. The van der Waals surface area contributed by atoms with Gasteiger partial charge in [0.25, 0.3) is 0 Å². The molecule has 0 spiro atoms. The van der Waals surface area contributed by atoms with Gasteiger partial charge >= 0.3 is 0 Å². The van der Waals surface area contributed by atoms with Gasteiger partial charge in [0.05, 0.1) is 12.8 Å². The van der Waals surface area contributed by atoms with Crippen LogP contribution >= 0.6 is 0 Å². The van der Waals surface area contributed by atoms with E-state index in [4.69, 9.17) is 14.1 Å². The van der Waals surface area contributed by atoms with E-state index in [1.165, 1.54) is 0 Å². The van der Waals surface area contributed by atoms with Crippen molar-refractivity contribution in [3.05, 3.63) is 34.7 Å². The molecular weight excluding hydrogens is 342 g/mol. The summed E-state index contributed by atoms with van der Waals surface area (Å²) in [6.07, 6.45) is 0.806. The van der Waals surface area contributed by atoms with Crippen molar-refractivity contribution in [3.63, 3.8) is 0 Å². The monoisotopic (exact) mass is 373 g/mol. The van der Waals surface area contributed by atoms with Crippen LogP contribution in [0.3, 0.4) is 0 Å². The molecule has 1 aromatic heterocycles. The molecule has 0 aliphatic carbocycles. The Morgan fingerprint density at radius 3 is 2.70 bits per heavy atom. The predicted molar refractivity (Wildman–Crippen MR) is 106 cm³/mol. The Bertz CT molecular complexity index is 787. The van der Waals surface area contributed by atoms with Crippen LogP contribution in [-0.2, 0) is 6.54 Å². The minimum absolute atomic E-state index is 0.228. The standard InChI is InChI=1S/C21H31N3O3/c1-14-11-20(26-5)15(2)10-18(14)21-22-19(16(3)27-21)13-24-8-7-23(4)17(12-24)6-9-25/h10-11,17,25H,6-9,12-13H2,1-5H3/t17-/m1/s1. The molecule has 6 heteroatoms. The van der Waals surface area contributed by atoms with E-state index in [1.54, 1.807) is 7.11 Å². The number of ether oxygens (including phenoxy) is 1. The van der Waals surface area contributed by atoms with Crippen LogP contribution in [0.15, 0.2) is 16.5 Å². The van der Waals surface area contributed by atoms with Gasteiger partial charge < -0.3 is 19.2 Å². The lowest BCUT2D eigenvalue weighted by molar-refractivity contribution is 0.0734. The van der Waals surface area contributed by atoms with Crippen LogP contribution in [0.1, 0.15) is 29.0 Å². The zero-order valence-corrected chi connectivity index (χ0v) is 17.1. The number of methoxy groups -OCH3 is 1. The fourth-order valence-electron chi connectivity index (χ4n) is 3.76. The van der Waals surface area contributed by atoms with E-state index in [1.807, 2.05) is 19.9 Å². The number of rotatable bonds is 6. The van der Waals surface area contributed by atoms with E-state index in [0.717, 1.165) is 66.5 Å². The second-order valence-corrected chi connectivity index (χ2v) is 7.54. The Balaban J connectivity index is 1.78. The summed E-state index contributed by atoms with van der Waals surface area (Å²) in [4.78, 5) is 9.54. The zero-order valence-electron chi connectivity index (χ0n) is 17.1. The molecule has 27 heavy (non-hydrogen) atoms. The maximum atomic E-state index is 9.29. The third kappa shape index (κ3) is 4.34. The van der Waals surface area contributed by atoms with Gasteiger partial charge in [0.15, 0.2) is 0 Å². The molecule has 1 aliphatic rings. The van der Waals surface area contributed by atoms with Crippen LogP contribution in [0.2, 0.25) is 0 Å². The first-order valence-electron chi connectivity index (χ1n) is 9.58. The minimum Gasteiger partial charge on any atom is -0.496 e.